The molecule has 0 aliphatic carbocycles. The zero-order valence-electron chi connectivity index (χ0n) is 11.2. The first-order valence-corrected chi connectivity index (χ1v) is 6.15. The average molecular weight is 268 g/mol. The first kappa shape index (κ1) is 13.8. The van der Waals surface area contributed by atoms with Gasteiger partial charge >= 0.3 is 0 Å². The van der Waals surface area contributed by atoms with Crippen LogP contribution in [0.3, 0.4) is 0 Å². The molecule has 4 N–H and O–H groups in total. The molecule has 0 saturated heterocycles. The molecule has 102 valence electrons. The van der Waals surface area contributed by atoms with E-state index >= 15 is 0 Å². The van der Waals surface area contributed by atoms with Crippen LogP contribution >= 0.6 is 0 Å². The Kier molecular flexibility index (Phi) is 4.52. The molecule has 0 unspecified atom stereocenters. The number of nitrogens with zero attached hydrogens (tertiary/aromatic N) is 4. The van der Waals surface area contributed by atoms with Crippen molar-refractivity contribution in [3.63, 3.8) is 0 Å². The number of rotatable bonds is 4. The van der Waals surface area contributed by atoms with E-state index in [1.165, 1.54) is 0 Å². The van der Waals surface area contributed by atoms with Crippen LogP contribution in [0.1, 0.15) is 23.9 Å². The summed E-state index contributed by atoms with van der Waals surface area (Å²) < 4.78 is 0. The minimum atomic E-state index is 0.337. The quantitative estimate of drug-likeness (QED) is 0.491. The van der Waals surface area contributed by atoms with Crippen molar-refractivity contribution >= 4 is 11.5 Å². The highest BCUT2D eigenvalue weighted by Crippen LogP contribution is 2.04. The number of nitrogens with two attached hydrogens (primary N) is 2. The fourth-order valence-corrected chi connectivity index (χ4v) is 1.53. The van der Waals surface area contributed by atoms with Crippen molar-refractivity contribution in [3.8, 4) is 0 Å². The van der Waals surface area contributed by atoms with Crippen LogP contribution in [0.25, 0.3) is 0 Å². The van der Waals surface area contributed by atoms with E-state index in [1.54, 1.807) is 25.4 Å². The van der Waals surface area contributed by atoms with E-state index in [1.807, 2.05) is 24.3 Å². The number of benzene rings is 1. The van der Waals surface area contributed by atoms with Crippen LogP contribution in [0.15, 0.2) is 52.9 Å². The van der Waals surface area contributed by atoms with Gasteiger partial charge in [0.1, 0.15) is 5.71 Å². The highest BCUT2D eigenvalue weighted by Gasteiger charge is 2.01. The van der Waals surface area contributed by atoms with Gasteiger partial charge in [0.25, 0.3) is 0 Å². The number of hydrogen-bond acceptors (Lipinski definition) is 5. The summed E-state index contributed by atoms with van der Waals surface area (Å²) in [7, 11) is 0. The normalized spacial score (nSPS) is 12.5. The van der Waals surface area contributed by atoms with E-state index in [9.17, 15) is 0 Å². The van der Waals surface area contributed by atoms with Gasteiger partial charge in [-0.2, -0.15) is 0 Å². The molecule has 20 heavy (non-hydrogen) atoms. The smallest absolute Gasteiger partial charge is 0.175 e. The second-order valence-electron chi connectivity index (χ2n) is 4.14. The van der Waals surface area contributed by atoms with Crippen LogP contribution in [-0.2, 0) is 6.54 Å². The maximum atomic E-state index is 5.88. The van der Waals surface area contributed by atoms with Gasteiger partial charge in [0.2, 0.25) is 0 Å². The van der Waals surface area contributed by atoms with Crippen LogP contribution in [0.5, 0.6) is 0 Å². The number of amidine groups is 1. The lowest BCUT2D eigenvalue weighted by atomic mass is 10.1. The summed E-state index contributed by atoms with van der Waals surface area (Å²) in [5.74, 6) is 0.867. The Morgan fingerprint density at radius 3 is 2.35 bits per heavy atom. The van der Waals surface area contributed by atoms with Gasteiger partial charge in [0.15, 0.2) is 11.7 Å². The fourth-order valence-electron chi connectivity index (χ4n) is 1.53. The monoisotopic (exact) mass is 268 g/mol. The molecule has 1 aromatic carbocycles. The molecule has 0 aliphatic heterocycles. The summed E-state index contributed by atoms with van der Waals surface area (Å²) in [5.41, 5.74) is 13.9. The second-order valence-corrected chi connectivity index (χ2v) is 4.14. The third-order valence-corrected chi connectivity index (χ3v) is 2.68. The molecule has 0 radical (unpaired) electrons. The van der Waals surface area contributed by atoms with E-state index < -0.39 is 0 Å². The molecular formula is C14H16N6. The van der Waals surface area contributed by atoms with Crippen LogP contribution < -0.4 is 11.5 Å². The topological polar surface area (TPSA) is 103 Å². The van der Waals surface area contributed by atoms with E-state index in [-0.39, 0.29) is 0 Å². The lowest BCUT2D eigenvalue weighted by Gasteiger charge is -2.01. The van der Waals surface area contributed by atoms with Crippen molar-refractivity contribution < 1.29 is 0 Å². The number of aromatic nitrogens is 2. The minimum Gasteiger partial charge on any atom is -0.382 e. The fraction of sp³-hybridized carbons (Fsp3) is 0.143. The Labute approximate surface area is 117 Å². The zero-order chi connectivity index (χ0) is 14.4. The summed E-state index contributed by atoms with van der Waals surface area (Å²) in [6.07, 6.45) is 3.31. The van der Waals surface area contributed by atoms with Gasteiger partial charge in [0, 0.05) is 24.5 Å². The molecule has 0 bridgehead atoms. The summed E-state index contributed by atoms with van der Waals surface area (Å²) in [6, 6.07) is 9.30. The summed E-state index contributed by atoms with van der Waals surface area (Å²) in [4.78, 5) is 8.17. The van der Waals surface area contributed by atoms with Crippen LogP contribution in [0.2, 0.25) is 0 Å². The van der Waals surface area contributed by atoms with Crippen molar-refractivity contribution in [3.05, 3.63) is 59.7 Å². The molecule has 6 nitrogen and oxygen atoms in total. The Morgan fingerprint density at radius 1 is 1.10 bits per heavy atom. The lowest BCUT2D eigenvalue weighted by molar-refractivity contribution is 1.07. The van der Waals surface area contributed by atoms with E-state index in [0.717, 1.165) is 11.1 Å². The summed E-state index contributed by atoms with van der Waals surface area (Å²) >= 11 is 0. The molecule has 1 heterocycles. The summed E-state index contributed by atoms with van der Waals surface area (Å²) in [6.45, 7) is 2.28. The predicted octanol–water partition coefficient (Wildman–Crippen LogP) is 1.06. The van der Waals surface area contributed by atoms with Crippen molar-refractivity contribution in [2.75, 3.05) is 0 Å². The zero-order valence-corrected chi connectivity index (χ0v) is 11.2. The summed E-state index contributed by atoms with van der Waals surface area (Å²) in [5, 5.41) is 8.04. The number of hydrogen-bond donors (Lipinski definition) is 2. The molecule has 0 atom stereocenters. The SMILES string of the molecule is C/C(=N\N=C(/N)c1ccc(CN)cc1)c1ncccn1. The molecule has 0 aliphatic rings. The van der Waals surface area contributed by atoms with Crippen molar-refractivity contribution in [1.82, 2.24) is 9.97 Å². The predicted molar refractivity (Wildman–Crippen MR) is 79.3 cm³/mol. The highest BCUT2D eigenvalue weighted by atomic mass is 15.2. The van der Waals surface area contributed by atoms with Crippen molar-refractivity contribution in [2.24, 2.45) is 21.7 Å². The van der Waals surface area contributed by atoms with Crippen molar-refractivity contribution in [2.45, 2.75) is 13.5 Å². The average Bonchev–Trinajstić information content (AvgIpc) is 2.53. The molecule has 6 heteroatoms. The van der Waals surface area contributed by atoms with Gasteiger partial charge in [-0.15, -0.1) is 10.2 Å². The third-order valence-electron chi connectivity index (χ3n) is 2.68. The van der Waals surface area contributed by atoms with Gasteiger partial charge in [-0.05, 0) is 18.6 Å². The Morgan fingerprint density at radius 2 is 1.75 bits per heavy atom. The maximum absolute atomic E-state index is 5.88. The second kappa shape index (κ2) is 6.53. The molecule has 0 saturated carbocycles. The first-order chi connectivity index (χ1) is 9.70. The molecule has 0 fully saturated rings. The van der Waals surface area contributed by atoms with Gasteiger partial charge in [0.05, 0.1) is 0 Å². The molecule has 2 rings (SSSR count). The third kappa shape index (κ3) is 3.46. The lowest BCUT2D eigenvalue weighted by Crippen LogP contribution is -2.13. The van der Waals surface area contributed by atoms with E-state index in [0.29, 0.717) is 23.9 Å². The molecule has 1 aromatic heterocycles. The molecule has 2 aromatic rings. The molecule has 0 amide bonds. The van der Waals surface area contributed by atoms with Gasteiger partial charge in [-0.25, -0.2) is 9.97 Å². The van der Waals surface area contributed by atoms with Crippen molar-refractivity contribution in [1.29, 1.82) is 0 Å². The van der Waals surface area contributed by atoms with E-state index in [4.69, 9.17) is 11.5 Å². The van der Waals surface area contributed by atoms with Gasteiger partial charge in [-0.3, -0.25) is 0 Å². The first-order valence-electron chi connectivity index (χ1n) is 6.15. The largest absolute Gasteiger partial charge is 0.382 e. The highest BCUT2D eigenvalue weighted by molar-refractivity contribution is 5.99. The minimum absolute atomic E-state index is 0.337. The molecular weight excluding hydrogens is 252 g/mol. The maximum Gasteiger partial charge on any atom is 0.175 e. The van der Waals surface area contributed by atoms with Gasteiger partial charge in [-0.1, -0.05) is 24.3 Å². The Hall–Kier alpha value is -2.60. The van der Waals surface area contributed by atoms with Crippen LogP contribution in [-0.4, -0.2) is 21.5 Å². The standard InChI is InChI=1S/C14H16N6/c1-10(14-17-7-2-8-18-14)19-20-13(16)12-5-3-11(9-15)4-6-12/h2-8H,9,15H2,1H3,(H2,16,20)/b19-10+. The molecule has 0 spiro atoms. The van der Waals surface area contributed by atoms with E-state index in [2.05, 4.69) is 20.2 Å². The van der Waals surface area contributed by atoms with Crippen LogP contribution in [0, 0.1) is 0 Å². The van der Waals surface area contributed by atoms with Gasteiger partial charge < -0.3 is 11.5 Å². The Balaban J connectivity index is 2.17. The Bertz CT molecular complexity index is 616. The van der Waals surface area contributed by atoms with Crippen LogP contribution in [0.4, 0.5) is 0 Å².